The minimum absolute atomic E-state index is 0.0278. The van der Waals surface area contributed by atoms with Crippen molar-refractivity contribution in [1.82, 2.24) is 10.2 Å². The summed E-state index contributed by atoms with van der Waals surface area (Å²) in [7, 11) is 0. The molecule has 2 amide bonds. The molecule has 2 N–H and O–H groups in total. The van der Waals surface area contributed by atoms with Gasteiger partial charge in [-0.3, -0.25) is 9.59 Å². The van der Waals surface area contributed by atoms with Crippen LogP contribution in [0.1, 0.15) is 17.3 Å². The molecule has 0 radical (unpaired) electrons. The zero-order valence-corrected chi connectivity index (χ0v) is 14.2. The first-order valence-corrected chi connectivity index (χ1v) is 8.75. The number of carbonyl (C=O) groups is 2. The van der Waals surface area contributed by atoms with E-state index in [1.807, 2.05) is 0 Å². The van der Waals surface area contributed by atoms with Gasteiger partial charge in [0.1, 0.15) is 17.2 Å². The number of morpholine rings is 1. The number of rotatable bonds is 6. The molecule has 1 aromatic rings. The summed E-state index contributed by atoms with van der Waals surface area (Å²) in [5.41, 5.74) is 0.296. The van der Waals surface area contributed by atoms with Crippen molar-refractivity contribution in [2.45, 2.75) is 18.3 Å². The van der Waals surface area contributed by atoms with Crippen LogP contribution in [0.15, 0.2) is 24.3 Å². The number of hydrogen-bond donors (Lipinski definition) is 2. The molecule has 1 aromatic carbocycles. The number of halogens is 1. The van der Waals surface area contributed by atoms with Gasteiger partial charge in [0.15, 0.2) is 0 Å². The highest BCUT2D eigenvalue weighted by Gasteiger charge is 2.31. The Balaban J connectivity index is 1.96. The molecule has 2 atom stereocenters. The molecule has 1 saturated heterocycles. The van der Waals surface area contributed by atoms with Gasteiger partial charge in [-0.25, -0.2) is 4.39 Å². The highest BCUT2D eigenvalue weighted by Crippen LogP contribution is 2.20. The number of hydrogen-bond acceptors (Lipinski definition) is 5. The van der Waals surface area contributed by atoms with E-state index in [4.69, 9.17) is 9.84 Å². The summed E-state index contributed by atoms with van der Waals surface area (Å²) in [5.74, 6) is -0.547. The minimum atomic E-state index is -0.710. The van der Waals surface area contributed by atoms with Crippen molar-refractivity contribution in [3.8, 4) is 0 Å². The topological polar surface area (TPSA) is 78.9 Å². The number of carbonyl (C=O) groups excluding carboxylic acids is 2. The zero-order valence-electron chi connectivity index (χ0n) is 13.4. The van der Waals surface area contributed by atoms with Crippen LogP contribution in [0.4, 0.5) is 4.39 Å². The van der Waals surface area contributed by atoms with Crippen LogP contribution in [-0.4, -0.2) is 65.4 Å². The molecule has 1 fully saturated rings. The second-order valence-corrected chi connectivity index (χ2v) is 6.64. The van der Waals surface area contributed by atoms with E-state index >= 15 is 0 Å². The molecule has 0 aromatic heterocycles. The monoisotopic (exact) mass is 356 g/mol. The molecule has 1 aliphatic heterocycles. The van der Waals surface area contributed by atoms with Crippen molar-refractivity contribution in [3.05, 3.63) is 35.6 Å². The van der Waals surface area contributed by atoms with Gasteiger partial charge in [0.2, 0.25) is 5.91 Å². The largest absolute Gasteiger partial charge is 0.396 e. The van der Waals surface area contributed by atoms with Crippen molar-refractivity contribution in [2.75, 3.05) is 32.1 Å². The molecule has 0 bridgehead atoms. The third kappa shape index (κ3) is 4.93. The Bertz CT molecular complexity index is 570. The summed E-state index contributed by atoms with van der Waals surface area (Å²) >= 11 is 1.44. The van der Waals surface area contributed by atoms with Gasteiger partial charge in [-0.15, -0.1) is 11.8 Å². The lowest BCUT2D eigenvalue weighted by atomic mass is 10.2. The van der Waals surface area contributed by atoms with Gasteiger partial charge in [-0.1, -0.05) is 0 Å². The zero-order chi connectivity index (χ0) is 17.5. The molecule has 0 spiro atoms. The summed E-state index contributed by atoms with van der Waals surface area (Å²) in [5, 5.41) is 11.4. The number of benzene rings is 1. The molecule has 1 heterocycles. The van der Waals surface area contributed by atoms with Crippen molar-refractivity contribution in [3.63, 3.8) is 0 Å². The molecule has 2 rings (SSSR count). The van der Waals surface area contributed by atoms with Crippen LogP contribution in [-0.2, 0) is 9.53 Å². The molecule has 132 valence electrons. The smallest absolute Gasteiger partial charge is 0.251 e. The third-order valence-electron chi connectivity index (χ3n) is 3.59. The molecule has 24 heavy (non-hydrogen) atoms. The van der Waals surface area contributed by atoms with Crippen LogP contribution in [0.5, 0.6) is 0 Å². The summed E-state index contributed by atoms with van der Waals surface area (Å²) < 4.78 is 18.3. The maximum Gasteiger partial charge on any atom is 0.251 e. The Hall–Kier alpha value is -1.64. The van der Waals surface area contributed by atoms with Crippen molar-refractivity contribution in [1.29, 1.82) is 0 Å². The minimum Gasteiger partial charge on any atom is -0.396 e. The Kier molecular flexibility index (Phi) is 7.01. The Morgan fingerprint density at radius 1 is 1.46 bits per heavy atom. The second-order valence-electron chi connectivity index (χ2n) is 5.36. The van der Waals surface area contributed by atoms with Gasteiger partial charge in [-0.05, 0) is 31.2 Å². The molecule has 0 aliphatic carbocycles. The molecule has 6 nitrogen and oxygen atoms in total. The lowest BCUT2D eigenvalue weighted by Crippen LogP contribution is -2.54. The summed E-state index contributed by atoms with van der Waals surface area (Å²) in [6, 6.07) is 4.43. The fourth-order valence-electron chi connectivity index (χ4n) is 2.35. The van der Waals surface area contributed by atoms with Crippen molar-refractivity contribution in [2.24, 2.45) is 0 Å². The molecule has 1 aliphatic rings. The molecular formula is C16H21FN2O4S. The number of ether oxygens (including phenoxy) is 1. The van der Waals surface area contributed by atoms with Gasteiger partial charge >= 0.3 is 0 Å². The Labute approximate surface area is 144 Å². The van der Waals surface area contributed by atoms with Crippen LogP contribution >= 0.6 is 11.8 Å². The van der Waals surface area contributed by atoms with Crippen LogP contribution in [0, 0.1) is 5.82 Å². The lowest BCUT2D eigenvalue weighted by Gasteiger charge is -2.36. The van der Waals surface area contributed by atoms with E-state index in [2.05, 4.69) is 5.32 Å². The van der Waals surface area contributed by atoms with Gasteiger partial charge in [-0.2, -0.15) is 0 Å². The van der Waals surface area contributed by atoms with Crippen molar-refractivity contribution >= 4 is 23.6 Å². The van der Waals surface area contributed by atoms with Crippen LogP contribution in [0.2, 0.25) is 0 Å². The van der Waals surface area contributed by atoms with E-state index in [1.54, 1.807) is 11.8 Å². The number of nitrogens with one attached hydrogen (secondary N) is 1. The first-order valence-electron chi connectivity index (χ1n) is 7.70. The average molecular weight is 356 g/mol. The third-order valence-corrected chi connectivity index (χ3v) is 4.79. The van der Waals surface area contributed by atoms with Crippen molar-refractivity contribution < 1.29 is 23.8 Å². The molecule has 0 saturated carbocycles. The Morgan fingerprint density at radius 2 is 2.17 bits per heavy atom. The van der Waals surface area contributed by atoms with Gasteiger partial charge < -0.3 is 20.1 Å². The van der Waals surface area contributed by atoms with Gasteiger partial charge in [0, 0.05) is 17.9 Å². The first-order chi connectivity index (χ1) is 11.5. The summed E-state index contributed by atoms with van der Waals surface area (Å²) in [6.07, 6.45) is 0. The number of nitrogens with zero attached hydrogens (tertiary/aromatic N) is 1. The first kappa shape index (κ1) is 18.7. The van der Waals surface area contributed by atoms with E-state index in [0.29, 0.717) is 31.1 Å². The maximum atomic E-state index is 12.9. The van der Waals surface area contributed by atoms with Crippen LogP contribution in [0.25, 0.3) is 0 Å². The number of amides is 2. The standard InChI is InChI=1S/C16H21FN2O4S/c1-11(18-15(21)12-2-4-13(17)5-3-12)16(22)19-6-8-23-10-14(19)24-9-7-20/h2-5,11,14,20H,6-10H2,1H3,(H,18,21). The van der Waals surface area contributed by atoms with Gasteiger partial charge in [0.05, 0.1) is 19.8 Å². The number of aliphatic hydroxyl groups is 1. The summed E-state index contributed by atoms with van der Waals surface area (Å²) in [6.45, 7) is 2.93. The van der Waals surface area contributed by atoms with Crippen LogP contribution in [0.3, 0.4) is 0 Å². The normalized spacial score (nSPS) is 19.0. The maximum absolute atomic E-state index is 12.9. The van der Waals surface area contributed by atoms with E-state index in [0.717, 1.165) is 0 Å². The number of aliphatic hydroxyl groups excluding tert-OH is 1. The highest BCUT2D eigenvalue weighted by atomic mass is 32.2. The molecular weight excluding hydrogens is 335 g/mol. The fourth-order valence-corrected chi connectivity index (χ4v) is 3.31. The quantitative estimate of drug-likeness (QED) is 0.790. The molecule has 2 unspecified atom stereocenters. The van der Waals surface area contributed by atoms with Crippen LogP contribution < -0.4 is 5.32 Å². The van der Waals surface area contributed by atoms with E-state index in [9.17, 15) is 14.0 Å². The van der Waals surface area contributed by atoms with E-state index < -0.39 is 17.8 Å². The second kappa shape index (κ2) is 9.00. The summed E-state index contributed by atoms with van der Waals surface area (Å²) in [4.78, 5) is 26.4. The predicted octanol–water partition coefficient (Wildman–Crippen LogP) is 0.854. The predicted molar refractivity (Wildman–Crippen MR) is 89.2 cm³/mol. The lowest BCUT2D eigenvalue weighted by molar-refractivity contribution is -0.138. The van der Waals surface area contributed by atoms with E-state index in [-0.39, 0.29) is 17.9 Å². The van der Waals surface area contributed by atoms with E-state index in [1.165, 1.54) is 36.0 Å². The van der Waals surface area contributed by atoms with Gasteiger partial charge in [0.25, 0.3) is 5.91 Å². The fraction of sp³-hybridized carbons (Fsp3) is 0.500. The molecule has 8 heteroatoms. The average Bonchev–Trinajstić information content (AvgIpc) is 2.60. The number of thioether (sulfide) groups is 1. The highest BCUT2D eigenvalue weighted by molar-refractivity contribution is 7.99. The SMILES string of the molecule is CC(NC(=O)c1ccc(F)cc1)C(=O)N1CCOCC1SCCO. The Morgan fingerprint density at radius 3 is 2.83 bits per heavy atom.